The number of carbonyl (C=O) groups is 1. The van der Waals surface area contributed by atoms with Gasteiger partial charge in [-0.3, -0.25) is 10.1 Å². The molecule has 29 heavy (non-hydrogen) atoms. The van der Waals surface area contributed by atoms with Crippen molar-refractivity contribution in [3.63, 3.8) is 0 Å². The van der Waals surface area contributed by atoms with Crippen molar-refractivity contribution in [3.8, 4) is 5.75 Å². The highest BCUT2D eigenvalue weighted by Gasteiger charge is 2.17. The Kier molecular flexibility index (Phi) is 7.25. The Morgan fingerprint density at radius 2 is 2.03 bits per heavy atom. The molecule has 2 N–H and O–H groups in total. The van der Waals surface area contributed by atoms with E-state index < -0.39 is 0 Å². The zero-order valence-electron chi connectivity index (χ0n) is 17.3. The molecule has 1 heterocycles. The minimum absolute atomic E-state index is 0.0902. The van der Waals surface area contributed by atoms with Crippen LogP contribution in [0.3, 0.4) is 0 Å². The first-order chi connectivity index (χ1) is 14.1. The lowest BCUT2D eigenvalue weighted by Crippen LogP contribution is -2.37. The Labute approximate surface area is 172 Å². The van der Waals surface area contributed by atoms with Crippen LogP contribution in [0.25, 0.3) is 0 Å². The number of hydrogen-bond donors (Lipinski definition) is 2. The van der Waals surface area contributed by atoms with Crippen LogP contribution in [0, 0.1) is 13.8 Å². The molecule has 1 unspecified atom stereocenters. The Balaban J connectivity index is 1.79. The molecule has 1 fully saturated rings. The van der Waals surface area contributed by atoms with E-state index in [4.69, 9.17) is 9.47 Å². The van der Waals surface area contributed by atoms with Gasteiger partial charge in [-0.25, -0.2) is 4.99 Å². The standard InChI is InChI=1S/C23H29N3O3/c1-4-28-21-10-6-5-9-20(21)25-23(24-15-19-8-7-13-29-19)26-22(27)18-12-11-16(2)17(3)14-18/h5-6,9-12,14,19H,4,7-8,13,15H2,1-3H3,(H2,24,25,26,27). The zero-order valence-corrected chi connectivity index (χ0v) is 17.3. The Morgan fingerprint density at radius 3 is 2.76 bits per heavy atom. The number of rotatable bonds is 6. The molecular formula is C23H29N3O3. The number of guanidine groups is 1. The summed E-state index contributed by atoms with van der Waals surface area (Å²) in [5.41, 5.74) is 3.57. The highest BCUT2D eigenvalue weighted by atomic mass is 16.5. The monoisotopic (exact) mass is 395 g/mol. The van der Waals surface area contributed by atoms with Crippen LogP contribution in [0.15, 0.2) is 47.5 Å². The maximum Gasteiger partial charge on any atom is 0.257 e. The lowest BCUT2D eigenvalue weighted by molar-refractivity contribution is 0.0975. The Hall–Kier alpha value is -2.86. The molecule has 0 spiro atoms. The average molecular weight is 396 g/mol. The summed E-state index contributed by atoms with van der Waals surface area (Å²) in [4.78, 5) is 17.4. The first-order valence-electron chi connectivity index (χ1n) is 10.1. The van der Waals surface area contributed by atoms with Gasteiger partial charge < -0.3 is 14.8 Å². The Bertz CT molecular complexity index is 873. The highest BCUT2D eigenvalue weighted by Crippen LogP contribution is 2.23. The fourth-order valence-electron chi connectivity index (χ4n) is 3.13. The van der Waals surface area contributed by atoms with Crippen molar-refractivity contribution in [1.29, 1.82) is 0 Å². The minimum atomic E-state index is -0.208. The third-order valence-electron chi connectivity index (χ3n) is 4.92. The van der Waals surface area contributed by atoms with E-state index >= 15 is 0 Å². The second-order valence-corrected chi connectivity index (χ2v) is 7.13. The normalized spacial score (nSPS) is 16.5. The first kappa shape index (κ1) is 20.9. The van der Waals surface area contributed by atoms with Crippen molar-refractivity contribution >= 4 is 17.6 Å². The molecular weight excluding hydrogens is 366 g/mol. The SMILES string of the molecule is CCOc1ccccc1NC(=NCC1CCCO1)NC(=O)c1ccc(C)c(C)c1. The van der Waals surface area contributed by atoms with Gasteiger partial charge in [-0.05, 0) is 69.0 Å². The van der Waals surface area contributed by atoms with E-state index in [1.165, 1.54) is 0 Å². The van der Waals surface area contributed by atoms with Gasteiger partial charge >= 0.3 is 0 Å². The average Bonchev–Trinajstić information content (AvgIpc) is 3.23. The van der Waals surface area contributed by atoms with E-state index in [1.807, 2.05) is 63.2 Å². The summed E-state index contributed by atoms with van der Waals surface area (Å²) in [5, 5.41) is 6.13. The molecule has 0 bridgehead atoms. The largest absolute Gasteiger partial charge is 0.492 e. The molecule has 154 valence electrons. The molecule has 1 atom stereocenters. The minimum Gasteiger partial charge on any atom is -0.492 e. The molecule has 2 aromatic rings. The molecule has 0 radical (unpaired) electrons. The third kappa shape index (κ3) is 5.81. The van der Waals surface area contributed by atoms with Crippen molar-refractivity contribution in [2.45, 2.75) is 39.7 Å². The van der Waals surface area contributed by atoms with Crippen molar-refractivity contribution in [3.05, 3.63) is 59.2 Å². The summed E-state index contributed by atoms with van der Waals surface area (Å²) in [6.07, 6.45) is 2.12. The predicted molar refractivity (Wildman–Crippen MR) is 116 cm³/mol. The van der Waals surface area contributed by atoms with Crippen molar-refractivity contribution < 1.29 is 14.3 Å². The van der Waals surface area contributed by atoms with E-state index in [0.717, 1.165) is 36.3 Å². The number of para-hydroxylation sites is 2. The quantitative estimate of drug-likeness (QED) is 0.571. The smallest absolute Gasteiger partial charge is 0.257 e. The van der Waals surface area contributed by atoms with Crippen molar-refractivity contribution in [1.82, 2.24) is 5.32 Å². The molecule has 1 aliphatic heterocycles. The maximum atomic E-state index is 12.8. The van der Waals surface area contributed by atoms with Gasteiger partial charge in [0.1, 0.15) is 5.75 Å². The summed E-state index contributed by atoms with van der Waals surface area (Å²) < 4.78 is 11.3. The van der Waals surface area contributed by atoms with Crippen LogP contribution >= 0.6 is 0 Å². The topological polar surface area (TPSA) is 71.9 Å². The number of nitrogens with zero attached hydrogens (tertiary/aromatic N) is 1. The van der Waals surface area contributed by atoms with Crippen LogP contribution in [0.5, 0.6) is 5.75 Å². The molecule has 0 aliphatic carbocycles. The number of carbonyl (C=O) groups excluding carboxylic acids is 1. The first-order valence-corrected chi connectivity index (χ1v) is 10.1. The van der Waals surface area contributed by atoms with Gasteiger partial charge in [0.15, 0.2) is 0 Å². The predicted octanol–water partition coefficient (Wildman–Crippen LogP) is 4.08. The summed E-state index contributed by atoms with van der Waals surface area (Å²) in [6, 6.07) is 13.3. The van der Waals surface area contributed by atoms with Crippen LogP contribution < -0.4 is 15.4 Å². The van der Waals surface area contributed by atoms with Gasteiger partial charge in [-0.2, -0.15) is 0 Å². The molecule has 1 aliphatic rings. The third-order valence-corrected chi connectivity index (χ3v) is 4.92. The zero-order chi connectivity index (χ0) is 20.6. The van der Waals surface area contributed by atoms with Crippen molar-refractivity contribution in [2.75, 3.05) is 25.1 Å². The van der Waals surface area contributed by atoms with Crippen LogP contribution in [0.1, 0.15) is 41.3 Å². The molecule has 0 saturated carbocycles. The van der Waals surface area contributed by atoms with Crippen LogP contribution in [-0.4, -0.2) is 37.7 Å². The number of nitrogens with one attached hydrogen (secondary N) is 2. The van der Waals surface area contributed by atoms with Crippen molar-refractivity contribution in [2.24, 2.45) is 4.99 Å². The van der Waals surface area contributed by atoms with Crippen LogP contribution in [0.4, 0.5) is 5.69 Å². The number of hydrogen-bond acceptors (Lipinski definition) is 4. The highest BCUT2D eigenvalue weighted by molar-refractivity contribution is 6.10. The summed E-state index contributed by atoms with van der Waals surface area (Å²) in [6.45, 7) is 7.77. The maximum absolute atomic E-state index is 12.8. The van der Waals surface area contributed by atoms with Gasteiger partial charge in [-0.15, -0.1) is 0 Å². The van der Waals surface area contributed by atoms with Gasteiger partial charge in [0, 0.05) is 12.2 Å². The molecule has 3 rings (SSSR count). The second kappa shape index (κ2) is 10.1. The van der Waals surface area contributed by atoms with Crippen LogP contribution in [-0.2, 0) is 4.74 Å². The van der Waals surface area contributed by atoms with E-state index in [9.17, 15) is 4.79 Å². The Morgan fingerprint density at radius 1 is 1.21 bits per heavy atom. The lowest BCUT2D eigenvalue weighted by Gasteiger charge is -2.16. The molecule has 0 aromatic heterocycles. The van der Waals surface area contributed by atoms with E-state index in [1.54, 1.807) is 0 Å². The summed E-state index contributed by atoms with van der Waals surface area (Å²) in [7, 11) is 0. The van der Waals surface area contributed by atoms with Gasteiger partial charge in [-0.1, -0.05) is 18.2 Å². The molecule has 1 amide bonds. The summed E-state index contributed by atoms with van der Waals surface area (Å²) in [5.74, 6) is 0.886. The number of anilines is 1. The van der Waals surface area contributed by atoms with Gasteiger partial charge in [0.25, 0.3) is 5.91 Å². The number of aryl methyl sites for hydroxylation is 2. The molecule has 6 nitrogen and oxygen atoms in total. The number of amides is 1. The lowest BCUT2D eigenvalue weighted by atomic mass is 10.1. The summed E-state index contributed by atoms with van der Waals surface area (Å²) >= 11 is 0. The second-order valence-electron chi connectivity index (χ2n) is 7.13. The number of ether oxygens (including phenoxy) is 2. The van der Waals surface area contributed by atoms with Gasteiger partial charge in [0.2, 0.25) is 5.96 Å². The molecule has 1 saturated heterocycles. The van der Waals surface area contributed by atoms with E-state index in [2.05, 4.69) is 15.6 Å². The fraction of sp³-hybridized carbons (Fsp3) is 0.391. The van der Waals surface area contributed by atoms with Crippen LogP contribution in [0.2, 0.25) is 0 Å². The number of benzene rings is 2. The van der Waals surface area contributed by atoms with E-state index in [0.29, 0.717) is 30.4 Å². The number of aliphatic imine (C=N–C) groups is 1. The fourth-order valence-corrected chi connectivity index (χ4v) is 3.13. The van der Waals surface area contributed by atoms with Gasteiger partial charge in [0.05, 0.1) is 24.9 Å². The molecule has 2 aromatic carbocycles. The molecule has 6 heteroatoms. The van der Waals surface area contributed by atoms with E-state index in [-0.39, 0.29) is 12.0 Å².